The molecule has 1 aliphatic carbocycles. The van der Waals surface area contributed by atoms with Gasteiger partial charge in [-0.05, 0) is 30.0 Å². The maximum Gasteiger partial charge on any atom is 0.315 e. The van der Waals surface area contributed by atoms with Crippen molar-refractivity contribution in [3.8, 4) is 11.1 Å². The minimum absolute atomic E-state index is 0.215. The van der Waals surface area contributed by atoms with E-state index in [1.165, 1.54) is 12.1 Å². The number of aliphatic hydroxyl groups is 2. The summed E-state index contributed by atoms with van der Waals surface area (Å²) in [5.74, 6) is -1.64. The van der Waals surface area contributed by atoms with Crippen LogP contribution >= 0.6 is 0 Å². The Morgan fingerprint density at radius 3 is 2.33 bits per heavy atom. The lowest BCUT2D eigenvalue weighted by molar-refractivity contribution is -0.133. The van der Waals surface area contributed by atoms with Crippen LogP contribution in [0.4, 0.5) is 13.2 Å². The Kier molecular flexibility index (Phi) is 6.85. The van der Waals surface area contributed by atoms with Crippen LogP contribution < -0.4 is 5.32 Å². The fourth-order valence-electron chi connectivity index (χ4n) is 3.70. The predicted molar refractivity (Wildman–Crippen MR) is 115 cm³/mol. The molecule has 33 heavy (non-hydrogen) atoms. The molecule has 178 valence electrons. The van der Waals surface area contributed by atoms with E-state index in [0.717, 1.165) is 24.0 Å². The maximum absolute atomic E-state index is 13.2. The zero-order valence-electron chi connectivity index (χ0n) is 17.5. The summed E-state index contributed by atoms with van der Waals surface area (Å²) < 4.78 is 51.9. The molecule has 1 saturated heterocycles. The molecule has 2 aliphatic rings. The van der Waals surface area contributed by atoms with Crippen LogP contribution in [0.15, 0.2) is 42.6 Å². The summed E-state index contributed by atoms with van der Waals surface area (Å²) in [5, 5.41) is 23.0. The number of aromatic nitrogens is 1. The summed E-state index contributed by atoms with van der Waals surface area (Å²) in [6.07, 6.45) is -1.28. The predicted octanol–water partition coefficient (Wildman–Crippen LogP) is 1.83. The summed E-state index contributed by atoms with van der Waals surface area (Å²) in [4.78, 5) is 15.5. The fourth-order valence-corrected chi connectivity index (χ4v) is 5.34. The second-order valence-corrected chi connectivity index (χ2v) is 10.1. The molecule has 0 bridgehead atoms. The first-order valence-electron chi connectivity index (χ1n) is 10.5. The third kappa shape index (κ3) is 5.11. The van der Waals surface area contributed by atoms with Gasteiger partial charge in [0.1, 0.15) is 18.4 Å². The summed E-state index contributed by atoms with van der Waals surface area (Å²) in [5.41, 5.74) is 1.07. The third-order valence-corrected chi connectivity index (χ3v) is 7.65. The monoisotopic (exact) mass is 483 g/mol. The number of amides is 1. The summed E-state index contributed by atoms with van der Waals surface area (Å²) in [6, 6.07) is 8.31. The molecule has 3 unspecified atom stereocenters. The van der Waals surface area contributed by atoms with Crippen molar-refractivity contribution < 1.29 is 32.4 Å². The molecular formula is C22H24F3N3O4S. The van der Waals surface area contributed by atoms with Crippen LogP contribution in [0.2, 0.25) is 0 Å². The van der Waals surface area contributed by atoms with Crippen molar-refractivity contribution in [2.75, 3.05) is 19.8 Å². The van der Waals surface area contributed by atoms with Crippen molar-refractivity contribution >= 4 is 16.9 Å². The van der Waals surface area contributed by atoms with Gasteiger partial charge in [-0.1, -0.05) is 30.3 Å². The number of alkyl halides is 3. The van der Waals surface area contributed by atoms with Crippen LogP contribution in [0.5, 0.6) is 0 Å². The lowest BCUT2D eigenvalue weighted by Gasteiger charge is -2.44. The van der Waals surface area contributed by atoms with Crippen molar-refractivity contribution in [2.24, 2.45) is 0 Å². The van der Waals surface area contributed by atoms with Gasteiger partial charge in [0.2, 0.25) is 0 Å². The average molecular weight is 484 g/mol. The molecule has 3 N–H and O–H groups in total. The molecule has 3 atom stereocenters. The van der Waals surface area contributed by atoms with E-state index in [1.54, 1.807) is 40.1 Å². The van der Waals surface area contributed by atoms with Gasteiger partial charge in [-0.3, -0.25) is 9.78 Å². The first kappa shape index (κ1) is 23.8. The molecule has 1 saturated carbocycles. The number of halogens is 3. The first-order chi connectivity index (χ1) is 15.7. The minimum Gasteiger partial charge on any atom is -0.386 e. The fraction of sp³-hybridized carbons (Fsp3) is 0.455. The quantitative estimate of drug-likeness (QED) is 0.505. The molecule has 2 fully saturated rings. The topological polar surface area (TPSA) is 103 Å². The Bertz CT molecular complexity index is 1010. The van der Waals surface area contributed by atoms with Gasteiger partial charge >= 0.3 is 6.43 Å². The zero-order valence-corrected chi connectivity index (χ0v) is 18.4. The Morgan fingerprint density at radius 1 is 1.18 bits per heavy atom. The summed E-state index contributed by atoms with van der Waals surface area (Å²) in [7, 11) is -1.05. The van der Waals surface area contributed by atoms with E-state index in [-0.39, 0.29) is 23.9 Å². The normalized spacial score (nSPS) is 20.7. The molecular weight excluding hydrogens is 459 g/mol. The number of aliphatic hydroxyl groups excluding tert-OH is 1. The number of carbonyl (C=O) groups excluding carboxylic acids is 1. The highest BCUT2D eigenvalue weighted by Crippen LogP contribution is 2.37. The average Bonchev–Trinajstić information content (AvgIpc) is 3.65. The van der Waals surface area contributed by atoms with Crippen molar-refractivity contribution in [1.82, 2.24) is 14.6 Å². The van der Waals surface area contributed by atoms with Gasteiger partial charge in [0.15, 0.2) is 0 Å². The second kappa shape index (κ2) is 9.49. The van der Waals surface area contributed by atoms with Crippen LogP contribution in [-0.4, -0.2) is 67.1 Å². The van der Waals surface area contributed by atoms with E-state index in [2.05, 4.69) is 4.98 Å². The van der Waals surface area contributed by atoms with E-state index in [4.69, 9.17) is 0 Å². The van der Waals surface area contributed by atoms with Crippen molar-refractivity contribution in [1.29, 1.82) is 0 Å². The van der Waals surface area contributed by atoms with E-state index in [1.807, 2.05) is 0 Å². The molecule has 1 aliphatic heterocycles. The number of β-amino-alcohol motifs (C(OH)–C–C–N with tert-alkyl or cyclic N) is 1. The summed E-state index contributed by atoms with van der Waals surface area (Å²) >= 11 is 0. The summed E-state index contributed by atoms with van der Waals surface area (Å²) in [6.45, 7) is -0.666. The van der Waals surface area contributed by atoms with Crippen LogP contribution in [0, 0.1) is 0 Å². The van der Waals surface area contributed by atoms with Crippen molar-refractivity contribution in [3.05, 3.63) is 53.9 Å². The Labute approximate surface area is 191 Å². The lowest BCUT2D eigenvalue weighted by atomic mass is 9.92. The standard InChI is InChI=1S/C22H24F3N3O4S/c23-9-17(27-21(30)20(24)25)19(29)14-3-1-13(2-4-14)15-5-8-18(26-10-15)22(31)11-28(12-22)33(32)16-6-7-16/h1-5,8,10,16-17,19-20,29,31H,6-7,9,11-12H2,(H,27,30). The van der Waals surface area contributed by atoms with Crippen molar-refractivity contribution in [3.63, 3.8) is 0 Å². The molecule has 1 amide bonds. The highest BCUT2D eigenvalue weighted by atomic mass is 32.2. The van der Waals surface area contributed by atoms with Crippen LogP contribution in [0.1, 0.15) is 30.2 Å². The smallest absolute Gasteiger partial charge is 0.315 e. The van der Waals surface area contributed by atoms with Crippen LogP contribution in [0.3, 0.4) is 0 Å². The van der Waals surface area contributed by atoms with Gasteiger partial charge in [-0.2, -0.15) is 8.78 Å². The molecule has 11 heteroatoms. The van der Waals surface area contributed by atoms with Crippen molar-refractivity contribution in [2.45, 2.75) is 42.3 Å². The number of rotatable bonds is 9. The molecule has 7 nitrogen and oxygen atoms in total. The molecule has 4 rings (SSSR count). The number of nitrogens with zero attached hydrogens (tertiary/aromatic N) is 2. The Balaban J connectivity index is 1.39. The molecule has 0 spiro atoms. The van der Waals surface area contributed by atoms with E-state index >= 15 is 0 Å². The van der Waals surface area contributed by atoms with E-state index < -0.39 is 47.7 Å². The molecule has 1 aromatic heterocycles. The SMILES string of the molecule is O=C(NC(CF)C(O)c1ccc(-c2ccc(C3(O)CN(S(=O)C4CC4)C3)nc2)cc1)C(F)F. The van der Waals surface area contributed by atoms with Gasteiger partial charge < -0.3 is 15.5 Å². The Morgan fingerprint density at radius 2 is 1.82 bits per heavy atom. The molecule has 2 aromatic rings. The largest absolute Gasteiger partial charge is 0.386 e. The second-order valence-electron chi connectivity index (χ2n) is 8.37. The maximum atomic E-state index is 13.2. The molecule has 0 radical (unpaired) electrons. The molecule has 2 heterocycles. The molecule has 1 aromatic carbocycles. The van der Waals surface area contributed by atoms with Gasteiger partial charge in [0.05, 0.1) is 22.7 Å². The van der Waals surface area contributed by atoms with Crippen LogP contribution in [0.25, 0.3) is 11.1 Å². The number of pyridine rings is 1. The minimum atomic E-state index is -3.30. The number of benzene rings is 1. The van der Waals surface area contributed by atoms with Gasteiger partial charge in [0, 0.05) is 30.1 Å². The Hall–Kier alpha value is -2.34. The van der Waals surface area contributed by atoms with E-state index in [0.29, 0.717) is 5.69 Å². The van der Waals surface area contributed by atoms with Gasteiger partial charge in [-0.25, -0.2) is 12.9 Å². The third-order valence-electron chi connectivity index (χ3n) is 5.84. The van der Waals surface area contributed by atoms with Gasteiger partial charge in [0.25, 0.3) is 5.91 Å². The number of hydrogen-bond donors (Lipinski definition) is 3. The lowest BCUT2D eigenvalue weighted by Crippen LogP contribution is -2.60. The number of hydrogen-bond acceptors (Lipinski definition) is 5. The first-order valence-corrected chi connectivity index (χ1v) is 11.7. The highest BCUT2D eigenvalue weighted by Gasteiger charge is 2.49. The van der Waals surface area contributed by atoms with E-state index in [9.17, 15) is 32.4 Å². The number of carbonyl (C=O) groups is 1. The number of nitrogens with one attached hydrogen (secondary N) is 1. The van der Waals surface area contributed by atoms with Crippen LogP contribution in [-0.2, 0) is 21.4 Å². The van der Waals surface area contributed by atoms with Gasteiger partial charge in [-0.15, -0.1) is 0 Å². The highest BCUT2D eigenvalue weighted by molar-refractivity contribution is 7.83. The zero-order chi connectivity index (χ0) is 23.8.